The minimum absolute atomic E-state index is 0.248. The van der Waals surface area contributed by atoms with E-state index in [0.717, 1.165) is 16.2 Å². The summed E-state index contributed by atoms with van der Waals surface area (Å²) in [5.74, 6) is -0.103. The lowest BCUT2D eigenvalue weighted by molar-refractivity contribution is 0.0739. The Morgan fingerprint density at radius 2 is 1.25 bits per heavy atom. The molecule has 0 amide bonds. The van der Waals surface area contributed by atoms with Crippen molar-refractivity contribution in [1.82, 2.24) is 0 Å². The molecule has 0 saturated heterocycles. The summed E-state index contributed by atoms with van der Waals surface area (Å²) in [6.07, 6.45) is 0. The molecule has 0 radical (unpaired) electrons. The Balaban J connectivity index is 1.61. The number of hydrogen-bond donors (Lipinski definition) is 1. The topological polar surface area (TPSA) is 26.3 Å². The molecule has 140 valence electrons. The average Bonchev–Trinajstić information content (AvgIpc) is 3.18. The molecule has 0 aliphatic rings. The first-order valence-electron chi connectivity index (χ1n) is 8.68. The van der Waals surface area contributed by atoms with Gasteiger partial charge in [-0.25, -0.2) is 4.79 Å². The number of ether oxygens (including phenoxy) is 1. The third kappa shape index (κ3) is 4.16. The summed E-state index contributed by atoms with van der Waals surface area (Å²) < 4.78 is 18.5. The summed E-state index contributed by atoms with van der Waals surface area (Å²) in [4.78, 5) is 16.0. The number of thiophene rings is 1. The molecule has 0 atom stereocenters. The van der Waals surface area contributed by atoms with Gasteiger partial charge in [-0.2, -0.15) is 15.3 Å². The SMILES string of the molecule is O=C(Oc1ccc([SH](c2ccccc2)c2ccccc2)cc1)c1ccc(F)s1. The minimum Gasteiger partial charge on any atom is -0.422 e. The summed E-state index contributed by atoms with van der Waals surface area (Å²) in [5, 5.41) is -0.404. The third-order valence-electron chi connectivity index (χ3n) is 4.11. The van der Waals surface area contributed by atoms with Gasteiger partial charge in [-0.3, -0.25) is 0 Å². The van der Waals surface area contributed by atoms with E-state index in [-0.39, 0.29) is 4.88 Å². The van der Waals surface area contributed by atoms with Crippen LogP contribution in [-0.4, -0.2) is 5.97 Å². The minimum atomic E-state index is -0.707. The number of carbonyl (C=O) groups is 1. The van der Waals surface area contributed by atoms with Crippen LogP contribution >= 0.6 is 22.2 Å². The van der Waals surface area contributed by atoms with Gasteiger partial charge in [-0.15, -0.1) is 0 Å². The Labute approximate surface area is 169 Å². The van der Waals surface area contributed by atoms with Gasteiger partial charge in [-0.1, -0.05) is 47.7 Å². The van der Waals surface area contributed by atoms with Crippen molar-refractivity contribution in [1.29, 1.82) is 0 Å². The van der Waals surface area contributed by atoms with Crippen molar-refractivity contribution < 1.29 is 13.9 Å². The van der Waals surface area contributed by atoms with Crippen molar-refractivity contribution in [2.75, 3.05) is 0 Å². The average molecular weight is 409 g/mol. The number of benzene rings is 3. The van der Waals surface area contributed by atoms with Crippen LogP contribution in [0.5, 0.6) is 5.75 Å². The van der Waals surface area contributed by atoms with Crippen LogP contribution < -0.4 is 4.74 Å². The molecule has 0 bridgehead atoms. The van der Waals surface area contributed by atoms with Crippen LogP contribution in [-0.2, 0) is 0 Å². The van der Waals surface area contributed by atoms with Crippen LogP contribution in [0.2, 0.25) is 0 Å². The Hall–Kier alpha value is -2.89. The van der Waals surface area contributed by atoms with E-state index < -0.39 is 22.0 Å². The normalized spacial score (nSPS) is 11.1. The second-order valence-electron chi connectivity index (χ2n) is 5.99. The maximum Gasteiger partial charge on any atom is 0.353 e. The quantitative estimate of drug-likeness (QED) is 0.229. The van der Waals surface area contributed by atoms with E-state index >= 15 is 0 Å². The molecule has 1 heterocycles. The largest absolute Gasteiger partial charge is 0.422 e. The van der Waals surface area contributed by atoms with Crippen LogP contribution in [0.4, 0.5) is 4.39 Å². The predicted octanol–water partition coefficient (Wildman–Crippen LogP) is 6.58. The first kappa shape index (κ1) is 18.5. The molecular formula is C23H17FO2S2. The second kappa shape index (κ2) is 8.42. The molecule has 5 heteroatoms. The molecule has 4 aromatic rings. The molecule has 0 fully saturated rings. The number of hydrogen-bond acceptors (Lipinski definition) is 3. The maximum atomic E-state index is 13.1. The fourth-order valence-electron chi connectivity index (χ4n) is 2.85. The molecule has 1 aromatic heterocycles. The van der Waals surface area contributed by atoms with Gasteiger partial charge in [0.2, 0.25) is 0 Å². The number of thiol groups is 1. The maximum absolute atomic E-state index is 13.1. The van der Waals surface area contributed by atoms with Crippen LogP contribution in [0, 0.1) is 5.13 Å². The van der Waals surface area contributed by atoms with E-state index in [2.05, 4.69) is 24.3 Å². The number of esters is 1. The van der Waals surface area contributed by atoms with Gasteiger partial charge < -0.3 is 4.74 Å². The molecule has 0 saturated carbocycles. The molecular weight excluding hydrogens is 391 g/mol. The van der Waals surface area contributed by atoms with Crippen LogP contribution in [0.25, 0.3) is 0 Å². The summed E-state index contributed by atoms with van der Waals surface area (Å²) in [6, 6.07) is 31.0. The summed E-state index contributed by atoms with van der Waals surface area (Å²) >= 11 is 0.780. The van der Waals surface area contributed by atoms with E-state index in [9.17, 15) is 9.18 Å². The van der Waals surface area contributed by atoms with Crippen molar-refractivity contribution in [2.24, 2.45) is 0 Å². The number of carbonyl (C=O) groups excluding carboxylic acids is 1. The molecule has 0 aliphatic carbocycles. The smallest absolute Gasteiger partial charge is 0.353 e. The van der Waals surface area contributed by atoms with E-state index in [1.54, 1.807) is 12.1 Å². The highest BCUT2D eigenvalue weighted by Gasteiger charge is 2.14. The van der Waals surface area contributed by atoms with Gasteiger partial charge in [-0.05, 0) is 75.4 Å². The summed E-state index contributed by atoms with van der Waals surface area (Å²) in [5.41, 5.74) is 0. The van der Waals surface area contributed by atoms with Gasteiger partial charge in [0.1, 0.15) is 10.6 Å². The lowest BCUT2D eigenvalue weighted by Gasteiger charge is -2.23. The van der Waals surface area contributed by atoms with Crippen molar-refractivity contribution in [3.63, 3.8) is 0 Å². The van der Waals surface area contributed by atoms with E-state index in [4.69, 9.17) is 4.74 Å². The fraction of sp³-hybridized carbons (Fsp3) is 0. The molecule has 0 spiro atoms. The highest BCUT2D eigenvalue weighted by atomic mass is 32.2. The van der Waals surface area contributed by atoms with Crippen LogP contribution in [0.3, 0.4) is 0 Å². The van der Waals surface area contributed by atoms with E-state index in [0.29, 0.717) is 5.75 Å². The molecule has 4 rings (SSSR count). The third-order valence-corrected chi connectivity index (χ3v) is 7.41. The highest BCUT2D eigenvalue weighted by Crippen LogP contribution is 2.51. The standard InChI is InChI=1S/C23H17FO2S2/c24-22-16-15-21(27-22)23(25)26-17-11-13-20(14-12-17)28(18-7-3-1-4-8-18)19-9-5-2-6-10-19/h1-16,28H. The van der Waals surface area contributed by atoms with Gasteiger partial charge in [0.05, 0.1) is 0 Å². The zero-order valence-corrected chi connectivity index (χ0v) is 16.5. The van der Waals surface area contributed by atoms with Crippen molar-refractivity contribution in [2.45, 2.75) is 14.7 Å². The van der Waals surface area contributed by atoms with E-state index in [1.165, 1.54) is 21.9 Å². The van der Waals surface area contributed by atoms with Crippen LogP contribution in [0.15, 0.2) is 112 Å². The van der Waals surface area contributed by atoms with Gasteiger partial charge in [0.15, 0.2) is 5.13 Å². The zero-order chi connectivity index (χ0) is 19.3. The van der Waals surface area contributed by atoms with Gasteiger partial charge in [0, 0.05) is 0 Å². The zero-order valence-electron chi connectivity index (χ0n) is 14.8. The molecule has 28 heavy (non-hydrogen) atoms. The predicted molar refractivity (Wildman–Crippen MR) is 112 cm³/mol. The molecule has 0 unspecified atom stereocenters. The molecule has 3 aromatic carbocycles. The van der Waals surface area contributed by atoms with Gasteiger partial charge >= 0.3 is 5.97 Å². The summed E-state index contributed by atoms with van der Waals surface area (Å²) in [6.45, 7) is 0. The first-order valence-corrected chi connectivity index (χ1v) is 10.8. The molecule has 2 nitrogen and oxygen atoms in total. The van der Waals surface area contributed by atoms with Crippen molar-refractivity contribution >= 4 is 28.2 Å². The monoisotopic (exact) mass is 408 g/mol. The Morgan fingerprint density at radius 1 is 0.714 bits per heavy atom. The van der Waals surface area contributed by atoms with Gasteiger partial charge in [0.25, 0.3) is 0 Å². The van der Waals surface area contributed by atoms with Crippen molar-refractivity contribution in [3.05, 3.63) is 107 Å². The van der Waals surface area contributed by atoms with Crippen LogP contribution in [0.1, 0.15) is 9.67 Å². The number of halogens is 1. The summed E-state index contributed by atoms with van der Waals surface area (Å²) in [7, 11) is -0.707. The Kier molecular flexibility index (Phi) is 5.55. The fourth-order valence-corrected chi connectivity index (χ4v) is 5.74. The second-order valence-corrected chi connectivity index (χ2v) is 9.25. The lowest BCUT2D eigenvalue weighted by atomic mass is 10.3. The lowest BCUT2D eigenvalue weighted by Crippen LogP contribution is -2.06. The molecule has 0 aliphatic heterocycles. The molecule has 0 N–H and O–H groups in total. The Morgan fingerprint density at radius 3 is 1.75 bits per heavy atom. The van der Waals surface area contributed by atoms with E-state index in [1.807, 2.05) is 48.5 Å². The Bertz CT molecular complexity index is 1020. The highest BCUT2D eigenvalue weighted by molar-refractivity contribution is 8.17. The first-order chi connectivity index (χ1) is 13.7. The number of rotatable bonds is 5. The van der Waals surface area contributed by atoms with Crippen molar-refractivity contribution in [3.8, 4) is 5.75 Å².